The van der Waals surface area contributed by atoms with E-state index in [0.717, 1.165) is 12.8 Å². The average Bonchev–Trinajstić information content (AvgIpc) is 3.61. The summed E-state index contributed by atoms with van der Waals surface area (Å²) in [4.78, 5) is 0. The van der Waals surface area contributed by atoms with E-state index in [0.29, 0.717) is 3.63 Å². The van der Waals surface area contributed by atoms with Crippen LogP contribution in [0.1, 0.15) is 110 Å². The van der Waals surface area contributed by atoms with Crippen molar-refractivity contribution in [1.29, 1.82) is 0 Å². The van der Waals surface area contributed by atoms with Crippen molar-refractivity contribution in [2.24, 2.45) is 0 Å². The molecule has 6 aromatic carbocycles. The maximum absolute atomic E-state index is 2.63. The molecule has 2 unspecified atom stereocenters. The van der Waals surface area contributed by atoms with E-state index >= 15 is 0 Å². The van der Waals surface area contributed by atoms with Crippen LogP contribution >= 0.6 is 0 Å². The van der Waals surface area contributed by atoms with E-state index in [1.165, 1.54) is 60.5 Å². The summed E-state index contributed by atoms with van der Waals surface area (Å²) in [5, 5.41) is 5.31. The summed E-state index contributed by atoms with van der Waals surface area (Å²) in [5.41, 5.74) is 18.5. The van der Waals surface area contributed by atoms with Crippen molar-refractivity contribution in [3.8, 4) is 22.3 Å². The van der Waals surface area contributed by atoms with Gasteiger partial charge < -0.3 is 0 Å². The molecular weight excluding hydrogens is 708 g/mol. The molecule has 8 rings (SSSR count). The third kappa shape index (κ3) is 5.90. The summed E-state index contributed by atoms with van der Waals surface area (Å²) in [6, 6.07) is 40.2. The predicted octanol–water partition coefficient (Wildman–Crippen LogP) is 13.7. The van der Waals surface area contributed by atoms with Gasteiger partial charge in [0.2, 0.25) is 0 Å². The molecule has 6 aromatic rings. The van der Waals surface area contributed by atoms with E-state index in [2.05, 4.69) is 171 Å². The fourth-order valence-electron chi connectivity index (χ4n) is 9.15. The first-order valence-corrected chi connectivity index (χ1v) is 27.8. The van der Waals surface area contributed by atoms with Crippen LogP contribution in [0.2, 0.25) is 13.1 Å². The molecule has 0 aliphatic heterocycles. The Labute approximate surface area is 318 Å². The quantitative estimate of drug-likeness (QED) is 0.117. The maximum atomic E-state index is 2.63. The van der Waals surface area contributed by atoms with Crippen LogP contribution in [0, 0.1) is 0 Å². The minimum absolute atomic E-state index is 0.0318. The Balaban J connectivity index is 1.43. The van der Waals surface area contributed by atoms with Crippen molar-refractivity contribution >= 4 is 33.5 Å². The molecule has 0 bridgehead atoms. The molecule has 0 amide bonds. The second-order valence-corrected chi connectivity index (χ2v) is 32.5. The number of benzene rings is 6. The Morgan fingerprint density at radius 2 is 1.29 bits per heavy atom. The van der Waals surface area contributed by atoms with Crippen molar-refractivity contribution in [1.82, 2.24) is 0 Å². The normalized spacial score (nSPS) is 16.8. The molecule has 0 N–H and O–H groups in total. The Bertz CT molecular complexity index is 2310. The van der Waals surface area contributed by atoms with Crippen LogP contribution in [-0.2, 0) is 33.2 Å². The zero-order valence-corrected chi connectivity index (χ0v) is 35.7. The third-order valence-corrected chi connectivity index (χ3v) is 21.3. The predicted molar refractivity (Wildman–Crippen MR) is 222 cm³/mol. The number of hydrogen-bond acceptors (Lipinski definition) is 0. The van der Waals surface area contributed by atoms with Gasteiger partial charge in [-0.1, -0.05) is 0 Å². The summed E-state index contributed by atoms with van der Waals surface area (Å²) < 4.78 is 0.613. The van der Waals surface area contributed by atoms with Gasteiger partial charge in [0.25, 0.3) is 0 Å². The van der Waals surface area contributed by atoms with Crippen LogP contribution in [0.15, 0.2) is 109 Å². The average molecular weight is 760 g/mol. The summed E-state index contributed by atoms with van der Waals surface area (Å²) in [5.74, 6) is -0.474. The van der Waals surface area contributed by atoms with Crippen LogP contribution in [-0.4, -0.2) is 5.92 Å². The van der Waals surface area contributed by atoms with Gasteiger partial charge in [-0.25, -0.2) is 0 Å². The standard InChI is InChI=1S/C47H45.C2H7Si.Zr/c1-8-14-31-27-40-38(19-13-20-39(40)44-35-17-11-9-15-29(35)25-30-16-10-12-18-36(30)44)43(31)45-41-28-32-26-33(46(2,3)4)21-22-34(32)37(41)23-24-42(45)47(5,6)7;1-3-2;/h9-13,15-28,43H,8,14H2,1-7H3;3H,1-2H3;. The number of fused-ring (bicyclic) bond motifs is 6. The fourth-order valence-corrected chi connectivity index (χ4v) is 19.0. The molecule has 2 heteroatoms. The van der Waals surface area contributed by atoms with Gasteiger partial charge in [0, 0.05) is 0 Å². The van der Waals surface area contributed by atoms with Crippen molar-refractivity contribution in [3.63, 3.8) is 0 Å². The molecule has 0 aromatic heterocycles. The number of allylic oxidation sites excluding steroid dienone is 1. The molecule has 0 saturated heterocycles. The van der Waals surface area contributed by atoms with E-state index in [9.17, 15) is 0 Å². The van der Waals surface area contributed by atoms with Crippen molar-refractivity contribution in [3.05, 3.63) is 148 Å². The van der Waals surface area contributed by atoms with E-state index in [1.54, 1.807) is 27.8 Å². The molecule has 0 spiro atoms. The van der Waals surface area contributed by atoms with Crippen molar-refractivity contribution in [2.75, 3.05) is 0 Å². The molecule has 2 atom stereocenters. The second-order valence-electron chi connectivity index (χ2n) is 17.4. The van der Waals surface area contributed by atoms with Crippen LogP contribution < -0.4 is 0 Å². The van der Waals surface area contributed by atoms with Crippen molar-refractivity contribution < 1.29 is 22.4 Å². The zero-order chi connectivity index (χ0) is 35.8. The fraction of sp³-hybridized carbons (Fsp3) is 0.306. The van der Waals surface area contributed by atoms with Gasteiger partial charge in [0.05, 0.1) is 0 Å². The number of rotatable bonds is 6. The van der Waals surface area contributed by atoms with E-state index in [1.807, 2.05) is 0 Å². The zero-order valence-electron chi connectivity index (χ0n) is 32.0. The molecule has 0 saturated carbocycles. The Morgan fingerprint density at radius 1 is 0.627 bits per heavy atom. The molecular formula is C49H52SiZr. The van der Waals surface area contributed by atoms with Gasteiger partial charge >= 0.3 is 321 Å². The van der Waals surface area contributed by atoms with Crippen molar-refractivity contribution in [2.45, 2.75) is 94.8 Å². The second kappa shape index (κ2) is 13.0. The first-order valence-electron chi connectivity index (χ1n) is 19.2. The van der Waals surface area contributed by atoms with Gasteiger partial charge in [-0.15, -0.1) is 0 Å². The first-order chi connectivity index (χ1) is 24.4. The van der Waals surface area contributed by atoms with Gasteiger partial charge in [-0.05, 0) is 0 Å². The van der Waals surface area contributed by atoms with E-state index in [-0.39, 0.29) is 16.7 Å². The third-order valence-electron chi connectivity index (χ3n) is 11.4. The SMILES string of the molecule is CCCC1=Cc2c(-c3c4ccccc4cc4ccccc34)cccc2C1c1c(C(C)(C)C)ccc2c1[CH]([Zr][SiH](C)C)c1cc(C(C)(C)C)ccc1-2. The molecule has 0 fully saturated rings. The van der Waals surface area contributed by atoms with Gasteiger partial charge in [-0.3, -0.25) is 0 Å². The minimum atomic E-state index is -0.749. The van der Waals surface area contributed by atoms with Crippen LogP contribution in [0.3, 0.4) is 0 Å². The topological polar surface area (TPSA) is 0 Å². The molecule has 51 heavy (non-hydrogen) atoms. The van der Waals surface area contributed by atoms with Crippen LogP contribution in [0.4, 0.5) is 0 Å². The molecule has 0 nitrogen and oxygen atoms in total. The van der Waals surface area contributed by atoms with Crippen LogP contribution in [0.25, 0.3) is 49.9 Å². The molecule has 256 valence electrons. The summed E-state index contributed by atoms with van der Waals surface area (Å²) >= 11 is -0.711. The molecule has 2 aliphatic rings. The van der Waals surface area contributed by atoms with Gasteiger partial charge in [0.1, 0.15) is 0 Å². The first kappa shape index (κ1) is 34.7. The Kier molecular flexibility index (Phi) is 8.83. The monoisotopic (exact) mass is 758 g/mol. The van der Waals surface area contributed by atoms with E-state index in [4.69, 9.17) is 0 Å². The van der Waals surface area contributed by atoms with Gasteiger partial charge in [0.15, 0.2) is 0 Å². The number of hydrogen-bond donors (Lipinski definition) is 0. The summed E-state index contributed by atoms with van der Waals surface area (Å²) in [6.07, 6.45) is 4.90. The van der Waals surface area contributed by atoms with Crippen LogP contribution in [0.5, 0.6) is 0 Å². The summed E-state index contributed by atoms with van der Waals surface area (Å²) in [7, 11) is 0. The Morgan fingerprint density at radius 3 is 1.92 bits per heavy atom. The molecule has 0 heterocycles. The van der Waals surface area contributed by atoms with Gasteiger partial charge in [-0.2, -0.15) is 0 Å². The van der Waals surface area contributed by atoms with E-state index < -0.39 is 28.3 Å². The molecule has 0 radical (unpaired) electrons. The molecule has 2 aliphatic carbocycles. The Hall–Kier alpha value is -3.32. The summed E-state index contributed by atoms with van der Waals surface area (Å²) in [6.45, 7) is 22.1.